The van der Waals surface area contributed by atoms with Crippen LogP contribution in [-0.4, -0.2) is 59.3 Å². The number of hydrogen-bond donors (Lipinski definition) is 1. The molecule has 4 rings (SSSR count). The zero-order valence-electron chi connectivity index (χ0n) is 14.6. The number of carbonyl (C=O) groups excluding carboxylic acids is 1. The van der Waals surface area contributed by atoms with Gasteiger partial charge in [-0.15, -0.1) is 11.3 Å². The lowest BCUT2D eigenvalue weighted by molar-refractivity contribution is 0.0992. The van der Waals surface area contributed by atoms with Gasteiger partial charge in [0.2, 0.25) is 10.0 Å². The maximum absolute atomic E-state index is 12.9. The Balaban J connectivity index is 1.54. The lowest BCUT2D eigenvalue weighted by atomic mass is 10.3. The van der Waals surface area contributed by atoms with E-state index in [1.54, 1.807) is 18.4 Å². The lowest BCUT2D eigenvalue weighted by Gasteiger charge is -2.34. The summed E-state index contributed by atoms with van der Waals surface area (Å²) in [4.78, 5) is 22.2. The van der Waals surface area contributed by atoms with E-state index < -0.39 is 15.9 Å². The number of thiophene rings is 1. The van der Waals surface area contributed by atoms with E-state index in [1.807, 2.05) is 11.4 Å². The summed E-state index contributed by atoms with van der Waals surface area (Å²) in [5, 5.41) is 1.97. The maximum Gasteiger partial charge on any atom is 0.265 e. The number of nitrogens with zero attached hydrogens (tertiary/aromatic N) is 5. The van der Waals surface area contributed by atoms with Gasteiger partial charge in [0.1, 0.15) is 22.7 Å². The Bertz CT molecular complexity index is 1110. The van der Waals surface area contributed by atoms with E-state index in [0.29, 0.717) is 26.2 Å². The smallest absolute Gasteiger partial charge is 0.265 e. The summed E-state index contributed by atoms with van der Waals surface area (Å²) in [6.07, 6.45) is 2.95. The van der Waals surface area contributed by atoms with Gasteiger partial charge in [0.05, 0.1) is 10.2 Å². The summed E-state index contributed by atoms with van der Waals surface area (Å²) in [6.45, 7) is 1.72. The monoisotopic (exact) mass is 406 g/mol. The Labute approximate surface area is 160 Å². The molecule has 1 amide bonds. The summed E-state index contributed by atoms with van der Waals surface area (Å²) in [5.41, 5.74) is 6.34. The number of aryl methyl sites for hydroxylation is 1. The number of nitrogens with two attached hydrogens (primary N) is 1. The quantitative estimate of drug-likeness (QED) is 0.680. The fraction of sp³-hybridized carbons (Fsp3) is 0.312. The molecule has 0 spiro atoms. The Morgan fingerprint density at radius 1 is 1.22 bits per heavy atom. The van der Waals surface area contributed by atoms with Crippen molar-refractivity contribution in [2.45, 2.75) is 4.90 Å². The highest BCUT2D eigenvalue weighted by Gasteiger charge is 2.31. The first kappa shape index (κ1) is 17.9. The molecule has 142 valence electrons. The topological polar surface area (TPSA) is 114 Å². The summed E-state index contributed by atoms with van der Waals surface area (Å²) in [6, 6.07) is 3.27. The number of rotatable bonds is 4. The molecule has 3 aromatic heterocycles. The van der Waals surface area contributed by atoms with E-state index in [1.165, 1.54) is 27.5 Å². The molecular formula is C16H18N6O3S2. The van der Waals surface area contributed by atoms with Crippen molar-refractivity contribution in [1.82, 2.24) is 18.8 Å². The zero-order valence-corrected chi connectivity index (χ0v) is 16.2. The molecule has 0 saturated carbocycles. The largest absolute Gasteiger partial charge is 0.364 e. The van der Waals surface area contributed by atoms with Crippen molar-refractivity contribution in [1.29, 1.82) is 0 Å². The van der Waals surface area contributed by atoms with E-state index in [4.69, 9.17) is 5.73 Å². The van der Waals surface area contributed by atoms with Crippen LogP contribution in [0.4, 0.5) is 5.82 Å². The van der Waals surface area contributed by atoms with Gasteiger partial charge in [-0.2, -0.15) is 4.31 Å². The second kappa shape index (κ2) is 6.59. The number of fused-ring (bicyclic) bond motifs is 1. The first-order valence-corrected chi connectivity index (χ1v) is 10.6. The van der Waals surface area contributed by atoms with Gasteiger partial charge in [0.25, 0.3) is 5.91 Å². The van der Waals surface area contributed by atoms with Gasteiger partial charge in [-0.1, -0.05) is 0 Å². The average molecular weight is 406 g/mol. The molecule has 0 unspecified atom stereocenters. The third kappa shape index (κ3) is 3.07. The van der Waals surface area contributed by atoms with E-state index >= 15 is 0 Å². The van der Waals surface area contributed by atoms with Crippen LogP contribution in [-0.2, 0) is 17.1 Å². The molecule has 0 radical (unpaired) electrons. The van der Waals surface area contributed by atoms with Crippen molar-refractivity contribution >= 4 is 43.3 Å². The number of carbonyl (C=O) groups is 1. The average Bonchev–Trinajstić information content (AvgIpc) is 3.28. The van der Waals surface area contributed by atoms with Gasteiger partial charge in [-0.3, -0.25) is 4.79 Å². The van der Waals surface area contributed by atoms with Crippen molar-refractivity contribution in [3.05, 3.63) is 35.7 Å². The summed E-state index contributed by atoms with van der Waals surface area (Å²) >= 11 is 1.57. The predicted molar refractivity (Wildman–Crippen MR) is 102 cm³/mol. The number of aromatic nitrogens is 3. The molecule has 1 saturated heterocycles. The molecule has 1 aliphatic heterocycles. The Morgan fingerprint density at radius 3 is 2.63 bits per heavy atom. The van der Waals surface area contributed by atoms with Crippen LogP contribution in [0.2, 0.25) is 0 Å². The van der Waals surface area contributed by atoms with Crippen LogP contribution in [0.5, 0.6) is 0 Å². The molecule has 1 fully saturated rings. The van der Waals surface area contributed by atoms with Crippen LogP contribution < -0.4 is 10.6 Å². The number of amides is 1. The second-order valence-corrected chi connectivity index (χ2v) is 9.11. The summed E-state index contributed by atoms with van der Waals surface area (Å²) in [5.74, 6) is 0.176. The Kier molecular flexibility index (Phi) is 4.36. The van der Waals surface area contributed by atoms with Crippen LogP contribution in [0.15, 0.2) is 34.9 Å². The summed E-state index contributed by atoms with van der Waals surface area (Å²) in [7, 11) is -2.09. The molecule has 11 heteroatoms. The molecule has 2 N–H and O–H groups in total. The number of piperazine rings is 1. The van der Waals surface area contributed by atoms with E-state index in [0.717, 1.165) is 16.0 Å². The lowest BCUT2D eigenvalue weighted by Crippen LogP contribution is -2.48. The molecule has 0 aliphatic carbocycles. The van der Waals surface area contributed by atoms with Crippen LogP contribution in [0.1, 0.15) is 10.5 Å². The second-order valence-electron chi connectivity index (χ2n) is 6.26. The number of anilines is 1. The first-order valence-electron chi connectivity index (χ1n) is 8.27. The summed E-state index contributed by atoms with van der Waals surface area (Å²) < 4.78 is 29.7. The number of sulfonamides is 1. The fourth-order valence-electron chi connectivity index (χ4n) is 3.21. The predicted octanol–water partition coefficient (Wildman–Crippen LogP) is 0.640. The van der Waals surface area contributed by atoms with E-state index in [2.05, 4.69) is 14.9 Å². The fourth-order valence-corrected chi connectivity index (χ4v) is 5.57. The molecule has 1 aliphatic rings. The minimum Gasteiger partial charge on any atom is -0.364 e. The van der Waals surface area contributed by atoms with E-state index in [-0.39, 0.29) is 10.6 Å². The zero-order chi connectivity index (χ0) is 19.2. The van der Waals surface area contributed by atoms with Crippen molar-refractivity contribution in [3.8, 4) is 0 Å². The van der Waals surface area contributed by atoms with Crippen molar-refractivity contribution in [2.75, 3.05) is 31.1 Å². The van der Waals surface area contributed by atoms with Crippen molar-refractivity contribution < 1.29 is 13.2 Å². The highest BCUT2D eigenvalue weighted by molar-refractivity contribution is 7.89. The molecule has 4 heterocycles. The molecule has 27 heavy (non-hydrogen) atoms. The SMILES string of the molecule is Cn1cc(S(=O)(=O)N2CCN(c3ncnc4ccsc34)CC2)cc1C(N)=O. The molecule has 0 bridgehead atoms. The van der Waals surface area contributed by atoms with Crippen LogP contribution in [0.25, 0.3) is 10.2 Å². The van der Waals surface area contributed by atoms with Crippen LogP contribution >= 0.6 is 11.3 Å². The number of primary amides is 1. The van der Waals surface area contributed by atoms with Crippen molar-refractivity contribution in [2.24, 2.45) is 12.8 Å². The molecule has 3 aromatic rings. The molecule has 0 atom stereocenters. The molecule has 9 nitrogen and oxygen atoms in total. The van der Waals surface area contributed by atoms with Gasteiger partial charge in [0, 0.05) is 39.4 Å². The maximum atomic E-state index is 12.9. The van der Waals surface area contributed by atoms with Gasteiger partial charge < -0.3 is 15.2 Å². The van der Waals surface area contributed by atoms with Crippen molar-refractivity contribution in [3.63, 3.8) is 0 Å². The Morgan fingerprint density at radius 2 is 1.96 bits per heavy atom. The third-order valence-electron chi connectivity index (χ3n) is 4.63. The molecule has 0 aromatic carbocycles. The third-order valence-corrected chi connectivity index (χ3v) is 7.40. The first-order chi connectivity index (χ1) is 12.9. The minimum atomic E-state index is -3.69. The van der Waals surface area contributed by atoms with Gasteiger partial charge >= 0.3 is 0 Å². The van der Waals surface area contributed by atoms with Gasteiger partial charge in [0.15, 0.2) is 0 Å². The highest BCUT2D eigenvalue weighted by Crippen LogP contribution is 2.29. The standard InChI is InChI=1S/C16H18N6O3S2/c1-20-9-11(8-13(20)15(17)23)27(24,25)22-5-3-21(4-6-22)16-14-12(2-7-26-14)18-10-19-16/h2,7-10H,3-6H2,1H3,(H2,17,23). The number of hydrogen-bond acceptors (Lipinski definition) is 7. The van der Waals surface area contributed by atoms with Crippen LogP contribution in [0.3, 0.4) is 0 Å². The van der Waals surface area contributed by atoms with E-state index in [9.17, 15) is 13.2 Å². The molecular weight excluding hydrogens is 388 g/mol. The Hall–Kier alpha value is -2.50. The minimum absolute atomic E-state index is 0.0786. The van der Waals surface area contributed by atoms with Gasteiger partial charge in [-0.25, -0.2) is 18.4 Å². The highest BCUT2D eigenvalue weighted by atomic mass is 32.2. The normalized spacial score (nSPS) is 16.1. The van der Waals surface area contributed by atoms with Gasteiger partial charge in [-0.05, 0) is 17.5 Å². The van der Waals surface area contributed by atoms with Crippen LogP contribution in [0, 0.1) is 0 Å².